The molecule has 1 amide bonds. The minimum Gasteiger partial charge on any atom is -0.330 e. The van der Waals surface area contributed by atoms with E-state index in [0.717, 1.165) is 31.9 Å². The fourth-order valence-electron chi connectivity index (χ4n) is 3.11. The second-order valence-electron chi connectivity index (χ2n) is 6.29. The molecule has 0 heterocycles. The lowest BCUT2D eigenvalue weighted by molar-refractivity contribution is -0.118. The third-order valence-corrected chi connectivity index (χ3v) is 5.54. The summed E-state index contributed by atoms with van der Waals surface area (Å²) in [6.07, 6.45) is 6.97. The zero-order valence-corrected chi connectivity index (χ0v) is 13.8. The molecular formula is C16H24N2O3S. The monoisotopic (exact) mass is 324 g/mol. The molecular weight excluding hydrogens is 300 g/mol. The van der Waals surface area contributed by atoms with Gasteiger partial charge in [0.15, 0.2) is 9.84 Å². The summed E-state index contributed by atoms with van der Waals surface area (Å²) in [7, 11) is -3.28. The Balaban J connectivity index is 2.06. The highest BCUT2D eigenvalue weighted by atomic mass is 32.2. The Morgan fingerprint density at radius 1 is 1.27 bits per heavy atom. The summed E-state index contributed by atoms with van der Waals surface area (Å²) >= 11 is 0. The van der Waals surface area contributed by atoms with Gasteiger partial charge in [0.2, 0.25) is 5.91 Å². The summed E-state index contributed by atoms with van der Waals surface area (Å²) in [5.41, 5.74) is 6.31. The molecule has 0 aliphatic heterocycles. The van der Waals surface area contributed by atoms with Crippen molar-refractivity contribution in [1.29, 1.82) is 0 Å². The van der Waals surface area contributed by atoms with E-state index in [2.05, 4.69) is 5.32 Å². The van der Waals surface area contributed by atoms with Gasteiger partial charge < -0.3 is 11.1 Å². The van der Waals surface area contributed by atoms with Gasteiger partial charge in [-0.3, -0.25) is 4.79 Å². The Bertz CT molecular complexity index is 635. The summed E-state index contributed by atoms with van der Waals surface area (Å²) in [5, 5.41) is 2.80. The summed E-state index contributed by atoms with van der Waals surface area (Å²) in [5.74, 6) is -0.0991. The molecule has 3 N–H and O–H groups in total. The summed E-state index contributed by atoms with van der Waals surface area (Å²) < 4.78 is 23.1. The Kier molecular flexibility index (Phi) is 5.24. The number of hydrogen-bond acceptors (Lipinski definition) is 4. The van der Waals surface area contributed by atoms with Gasteiger partial charge in [0.25, 0.3) is 0 Å². The average Bonchev–Trinajstić information content (AvgIpc) is 2.47. The van der Waals surface area contributed by atoms with Gasteiger partial charge in [-0.2, -0.15) is 0 Å². The number of nitrogens with two attached hydrogens (primary N) is 1. The van der Waals surface area contributed by atoms with Crippen LogP contribution < -0.4 is 11.1 Å². The fourth-order valence-corrected chi connectivity index (χ4v) is 3.77. The van der Waals surface area contributed by atoms with E-state index in [1.165, 1.54) is 18.6 Å². The van der Waals surface area contributed by atoms with Crippen LogP contribution >= 0.6 is 0 Å². The third kappa shape index (κ3) is 4.30. The quantitative estimate of drug-likeness (QED) is 0.870. The van der Waals surface area contributed by atoms with Crippen molar-refractivity contribution < 1.29 is 13.2 Å². The van der Waals surface area contributed by atoms with Crippen LogP contribution in [0, 0.1) is 5.41 Å². The zero-order chi connectivity index (χ0) is 16.2. The molecule has 0 aromatic heterocycles. The molecule has 1 fully saturated rings. The number of carbonyl (C=O) groups excluding carboxylic acids is 1. The normalized spacial score (nSPS) is 17.9. The van der Waals surface area contributed by atoms with Gasteiger partial charge in [-0.05, 0) is 43.0 Å². The molecule has 2 rings (SSSR count). The van der Waals surface area contributed by atoms with Gasteiger partial charge in [0, 0.05) is 18.4 Å². The maximum Gasteiger partial charge on any atom is 0.224 e. The van der Waals surface area contributed by atoms with Crippen LogP contribution in [0.1, 0.15) is 38.5 Å². The molecule has 1 aliphatic carbocycles. The SMILES string of the molecule is CS(=O)(=O)c1cccc(NC(=O)CC2(CN)CCCCC2)c1. The number of benzene rings is 1. The average molecular weight is 324 g/mol. The first-order chi connectivity index (χ1) is 10.3. The van der Waals surface area contributed by atoms with Gasteiger partial charge in [-0.25, -0.2) is 8.42 Å². The van der Waals surface area contributed by atoms with Crippen molar-refractivity contribution in [3.05, 3.63) is 24.3 Å². The number of sulfone groups is 1. The summed E-state index contributed by atoms with van der Waals surface area (Å²) in [6, 6.07) is 6.34. The minimum atomic E-state index is -3.28. The van der Waals surface area contributed by atoms with Gasteiger partial charge in [-0.15, -0.1) is 0 Å². The number of carbonyl (C=O) groups is 1. The first-order valence-corrected chi connectivity index (χ1v) is 9.54. The Morgan fingerprint density at radius 3 is 2.55 bits per heavy atom. The van der Waals surface area contributed by atoms with E-state index < -0.39 is 9.84 Å². The Hall–Kier alpha value is -1.40. The lowest BCUT2D eigenvalue weighted by Crippen LogP contribution is -2.36. The van der Waals surface area contributed by atoms with E-state index in [4.69, 9.17) is 5.73 Å². The van der Waals surface area contributed by atoms with Crippen LogP contribution in [0.4, 0.5) is 5.69 Å². The van der Waals surface area contributed by atoms with Gasteiger partial charge >= 0.3 is 0 Å². The zero-order valence-electron chi connectivity index (χ0n) is 13.0. The number of hydrogen-bond donors (Lipinski definition) is 2. The number of anilines is 1. The fraction of sp³-hybridized carbons (Fsp3) is 0.562. The first kappa shape index (κ1) is 17.0. The third-order valence-electron chi connectivity index (χ3n) is 4.43. The van der Waals surface area contributed by atoms with Crippen molar-refractivity contribution in [3.8, 4) is 0 Å². The standard InChI is InChI=1S/C16H24N2O3S/c1-22(20,21)14-7-5-6-13(10-14)18-15(19)11-16(12-17)8-3-2-4-9-16/h5-7,10H,2-4,8-9,11-12,17H2,1H3,(H,18,19). The molecule has 1 saturated carbocycles. The summed E-state index contributed by atoms with van der Waals surface area (Å²) in [6.45, 7) is 0.518. The number of nitrogens with one attached hydrogen (secondary N) is 1. The van der Waals surface area contributed by atoms with E-state index in [1.807, 2.05) is 0 Å². The second kappa shape index (κ2) is 6.79. The Morgan fingerprint density at radius 2 is 1.95 bits per heavy atom. The molecule has 0 bridgehead atoms. The van der Waals surface area contributed by atoms with Crippen molar-refractivity contribution in [2.24, 2.45) is 11.1 Å². The van der Waals surface area contributed by atoms with Crippen LogP contribution in [0.2, 0.25) is 0 Å². The molecule has 22 heavy (non-hydrogen) atoms. The van der Waals surface area contributed by atoms with E-state index >= 15 is 0 Å². The van der Waals surface area contributed by atoms with Crippen LogP contribution in [0.5, 0.6) is 0 Å². The molecule has 0 radical (unpaired) electrons. The van der Waals surface area contributed by atoms with E-state index in [0.29, 0.717) is 18.7 Å². The van der Waals surface area contributed by atoms with Gasteiger partial charge in [-0.1, -0.05) is 25.3 Å². The van der Waals surface area contributed by atoms with Crippen LogP contribution in [-0.4, -0.2) is 27.1 Å². The predicted octanol–water partition coefficient (Wildman–Crippen LogP) is 2.33. The molecule has 0 unspecified atom stereocenters. The number of rotatable bonds is 5. The molecule has 1 aliphatic rings. The smallest absolute Gasteiger partial charge is 0.224 e. The molecule has 1 aromatic rings. The Labute approximate surface area is 132 Å². The molecule has 5 nitrogen and oxygen atoms in total. The molecule has 0 atom stereocenters. The molecule has 1 aromatic carbocycles. The van der Waals surface area contributed by atoms with Crippen molar-refractivity contribution in [3.63, 3.8) is 0 Å². The topological polar surface area (TPSA) is 89.3 Å². The lowest BCUT2D eigenvalue weighted by atomic mass is 9.71. The van der Waals surface area contributed by atoms with Crippen LogP contribution in [0.15, 0.2) is 29.2 Å². The van der Waals surface area contributed by atoms with Crippen LogP contribution in [-0.2, 0) is 14.6 Å². The van der Waals surface area contributed by atoms with E-state index in [1.54, 1.807) is 12.1 Å². The lowest BCUT2D eigenvalue weighted by Gasteiger charge is -2.35. The second-order valence-corrected chi connectivity index (χ2v) is 8.31. The van der Waals surface area contributed by atoms with E-state index in [-0.39, 0.29) is 16.2 Å². The van der Waals surface area contributed by atoms with Gasteiger partial charge in [0.1, 0.15) is 0 Å². The first-order valence-electron chi connectivity index (χ1n) is 7.65. The van der Waals surface area contributed by atoms with E-state index in [9.17, 15) is 13.2 Å². The van der Waals surface area contributed by atoms with Crippen LogP contribution in [0.25, 0.3) is 0 Å². The highest BCUT2D eigenvalue weighted by Gasteiger charge is 2.32. The maximum absolute atomic E-state index is 12.3. The molecule has 6 heteroatoms. The van der Waals surface area contributed by atoms with Crippen molar-refractivity contribution in [1.82, 2.24) is 0 Å². The minimum absolute atomic E-state index is 0.0991. The van der Waals surface area contributed by atoms with Crippen molar-refractivity contribution >= 4 is 21.4 Å². The van der Waals surface area contributed by atoms with Crippen molar-refractivity contribution in [2.45, 2.75) is 43.4 Å². The van der Waals surface area contributed by atoms with Crippen LogP contribution in [0.3, 0.4) is 0 Å². The largest absolute Gasteiger partial charge is 0.330 e. The highest BCUT2D eigenvalue weighted by Crippen LogP contribution is 2.38. The molecule has 0 saturated heterocycles. The maximum atomic E-state index is 12.3. The highest BCUT2D eigenvalue weighted by molar-refractivity contribution is 7.90. The summed E-state index contributed by atoms with van der Waals surface area (Å²) in [4.78, 5) is 12.5. The van der Waals surface area contributed by atoms with Crippen molar-refractivity contribution in [2.75, 3.05) is 18.1 Å². The predicted molar refractivity (Wildman–Crippen MR) is 87.4 cm³/mol. The number of amides is 1. The molecule has 0 spiro atoms. The van der Waals surface area contributed by atoms with Gasteiger partial charge in [0.05, 0.1) is 4.90 Å². The molecule has 122 valence electrons.